The number of benzene rings is 2. The number of fused-ring (bicyclic) bond motifs is 3. The van der Waals surface area contributed by atoms with Gasteiger partial charge in [0.05, 0.1) is 16.6 Å². The standard InChI is InChI=1S/C16H11N3/c1-2-4-12(5-3-1)19-11-10-18-16-13-8-9-17-14(13)6-7-15(16)19/h1-11H. The summed E-state index contributed by atoms with van der Waals surface area (Å²) in [5.41, 5.74) is 4.20. The van der Waals surface area contributed by atoms with Gasteiger partial charge in [-0.05, 0) is 30.3 Å². The predicted molar refractivity (Wildman–Crippen MR) is 76.4 cm³/mol. The number of para-hydroxylation sites is 1. The summed E-state index contributed by atoms with van der Waals surface area (Å²) in [6.07, 6.45) is 5.65. The lowest BCUT2D eigenvalue weighted by Gasteiger charge is -2.10. The van der Waals surface area contributed by atoms with Crippen molar-refractivity contribution < 1.29 is 0 Å². The number of hydrogen-bond acceptors (Lipinski definition) is 2. The van der Waals surface area contributed by atoms with Gasteiger partial charge in [-0.3, -0.25) is 9.97 Å². The Morgan fingerprint density at radius 2 is 1.68 bits per heavy atom. The molecule has 2 heterocycles. The first kappa shape index (κ1) is 10.3. The van der Waals surface area contributed by atoms with E-state index in [0.29, 0.717) is 0 Å². The molecule has 0 atom stereocenters. The Kier molecular flexibility index (Phi) is 2.12. The highest BCUT2D eigenvalue weighted by atomic mass is 15.0. The first-order valence-electron chi connectivity index (χ1n) is 6.20. The molecule has 0 saturated carbocycles. The highest BCUT2D eigenvalue weighted by Gasteiger charge is 2.06. The molecule has 90 valence electrons. The minimum atomic E-state index is 0.987. The number of aromatic nitrogens is 3. The topological polar surface area (TPSA) is 30.7 Å². The van der Waals surface area contributed by atoms with Crippen molar-refractivity contribution in [3.8, 4) is 5.69 Å². The van der Waals surface area contributed by atoms with Crippen molar-refractivity contribution in [3.63, 3.8) is 0 Å². The zero-order valence-corrected chi connectivity index (χ0v) is 10.2. The van der Waals surface area contributed by atoms with E-state index in [-0.39, 0.29) is 0 Å². The molecule has 0 aliphatic rings. The van der Waals surface area contributed by atoms with E-state index in [4.69, 9.17) is 0 Å². The SMILES string of the molecule is c1ccc(-n2ccnc3c4ccnc4ccc32)cc1. The fraction of sp³-hybridized carbons (Fsp3) is 0. The van der Waals surface area contributed by atoms with Crippen LogP contribution in [0.3, 0.4) is 0 Å². The summed E-state index contributed by atoms with van der Waals surface area (Å²) < 4.78 is 2.15. The Morgan fingerprint density at radius 3 is 2.58 bits per heavy atom. The van der Waals surface area contributed by atoms with Crippen LogP contribution in [-0.4, -0.2) is 14.5 Å². The third-order valence-electron chi connectivity index (χ3n) is 3.34. The smallest absolute Gasteiger partial charge is 0.0965 e. The van der Waals surface area contributed by atoms with Crippen LogP contribution in [0.15, 0.2) is 67.1 Å². The molecule has 3 nitrogen and oxygen atoms in total. The predicted octanol–water partition coefficient (Wildman–Crippen LogP) is 3.57. The summed E-state index contributed by atoms with van der Waals surface area (Å²) in [5.74, 6) is 0. The number of nitrogens with zero attached hydrogens (tertiary/aromatic N) is 3. The minimum Gasteiger partial charge on any atom is -0.314 e. The Balaban J connectivity index is 2.12. The monoisotopic (exact) mass is 245 g/mol. The molecule has 0 unspecified atom stereocenters. The maximum atomic E-state index is 4.51. The van der Waals surface area contributed by atoms with Crippen LogP contribution in [0.1, 0.15) is 0 Å². The summed E-state index contributed by atoms with van der Waals surface area (Å²) in [6.45, 7) is 0. The molecule has 0 amide bonds. The third-order valence-corrected chi connectivity index (χ3v) is 3.34. The Morgan fingerprint density at radius 1 is 0.789 bits per heavy atom. The molecule has 3 heteroatoms. The van der Waals surface area contributed by atoms with Crippen molar-refractivity contribution in [2.45, 2.75) is 0 Å². The molecule has 0 fully saturated rings. The highest BCUT2D eigenvalue weighted by Crippen LogP contribution is 2.24. The lowest BCUT2D eigenvalue weighted by atomic mass is 10.2. The maximum Gasteiger partial charge on any atom is 0.0965 e. The van der Waals surface area contributed by atoms with Gasteiger partial charge in [-0.2, -0.15) is 0 Å². The Bertz CT molecular complexity index is 863. The highest BCUT2D eigenvalue weighted by molar-refractivity contribution is 6.03. The van der Waals surface area contributed by atoms with E-state index in [0.717, 1.165) is 27.6 Å². The van der Waals surface area contributed by atoms with Crippen molar-refractivity contribution in [3.05, 3.63) is 67.1 Å². The van der Waals surface area contributed by atoms with Crippen LogP contribution < -0.4 is 0 Å². The first-order chi connectivity index (χ1) is 9.43. The van der Waals surface area contributed by atoms with Gasteiger partial charge in [0.15, 0.2) is 0 Å². The number of rotatable bonds is 1. The second kappa shape index (κ2) is 3.92. The van der Waals surface area contributed by atoms with Crippen LogP contribution in [0.25, 0.3) is 27.6 Å². The average Bonchev–Trinajstić information content (AvgIpc) is 2.96. The molecule has 0 saturated heterocycles. The molecular weight excluding hydrogens is 234 g/mol. The second-order valence-electron chi connectivity index (χ2n) is 4.44. The van der Waals surface area contributed by atoms with Gasteiger partial charge in [0, 0.05) is 29.7 Å². The molecule has 4 aromatic rings. The minimum absolute atomic E-state index is 0.987. The molecule has 0 bridgehead atoms. The lowest BCUT2D eigenvalue weighted by Crippen LogP contribution is -1.97. The molecule has 0 aliphatic carbocycles. The van der Waals surface area contributed by atoms with Gasteiger partial charge in [-0.1, -0.05) is 18.2 Å². The van der Waals surface area contributed by atoms with Crippen molar-refractivity contribution in [1.29, 1.82) is 0 Å². The summed E-state index contributed by atoms with van der Waals surface area (Å²) in [4.78, 5) is 8.83. The summed E-state index contributed by atoms with van der Waals surface area (Å²) in [6, 6.07) is 16.4. The first-order valence-corrected chi connectivity index (χ1v) is 6.20. The fourth-order valence-electron chi connectivity index (χ4n) is 2.45. The molecule has 2 aromatic heterocycles. The van der Waals surface area contributed by atoms with E-state index in [9.17, 15) is 0 Å². The van der Waals surface area contributed by atoms with Gasteiger partial charge in [0.2, 0.25) is 0 Å². The van der Waals surface area contributed by atoms with Gasteiger partial charge in [0.25, 0.3) is 0 Å². The summed E-state index contributed by atoms with van der Waals surface area (Å²) in [5, 5.41) is 1.10. The van der Waals surface area contributed by atoms with Gasteiger partial charge in [-0.25, -0.2) is 0 Å². The van der Waals surface area contributed by atoms with Crippen LogP contribution in [0, 0.1) is 0 Å². The molecule has 4 rings (SSSR count). The quantitative estimate of drug-likeness (QED) is 0.513. The zero-order chi connectivity index (χ0) is 12.7. The second-order valence-corrected chi connectivity index (χ2v) is 4.44. The van der Waals surface area contributed by atoms with Crippen LogP contribution in [0.2, 0.25) is 0 Å². The van der Waals surface area contributed by atoms with Crippen LogP contribution in [0.5, 0.6) is 0 Å². The molecule has 0 radical (unpaired) electrons. The zero-order valence-electron chi connectivity index (χ0n) is 10.2. The lowest BCUT2D eigenvalue weighted by molar-refractivity contribution is 1.08. The van der Waals surface area contributed by atoms with Crippen molar-refractivity contribution >= 4 is 21.9 Å². The molecule has 2 aromatic carbocycles. The van der Waals surface area contributed by atoms with Crippen molar-refractivity contribution in [2.75, 3.05) is 0 Å². The average molecular weight is 245 g/mol. The van der Waals surface area contributed by atoms with Crippen molar-refractivity contribution in [1.82, 2.24) is 14.5 Å². The molecular formula is C16H11N3. The van der Waals surface area contributed by atoms with E-state index in [1.54, 1.807) is 0 Å². The molecule has 19 heavy (non-hydrogen) atoms. The van der Waals surface area contributed by atoms with E-state index in [1.807, 2.05) is 48.9 Å². The van der Waals surface area contributed by atoms with Crippen LogP contribution in [-0.2, 0) is 0 Å². The van der Waals surface area contributed by atoms with Gasteiger partial charge in [-0.15, -0.1) is 0 Å². The normalized spacial score (nSPS) is 11.2. The largest absolute Gasteiger partial charge is 0.314 e. The van der Waals surface area contributed by atoms with Gasteiger partial charge in [0.1, 0.15) is 0 Å². The summed E-state index contributed by atoms with van der Waals surface area (Å²) >= 11 is 0. The Hall–Kier alpha value is -2.68. The number of hydrogen-bond donors (Lipinski definition) is 0. The Labute approximate surface area is 110 Å². The van der Waals surface area contributed by atoms with E-state index < -0.39 is 0 Å². The molecule has 0 spiro atoms. The van der Waals surface area contributed by atoms with E-state index >= 15 is 0 Å². The van der Waals surface area contributed by atoms with Crippen molar-refractivity contribution in [2.24, 2.45) is 0 Å². The fourth-order valence-corrected chi connectivity index (χ4v) is 2.45. The van der Waals surface area contributed by atoms with Crippen LogP contribution >= 0.6 is 0 Å². The van der Waals surface area contributed by atoms with E-state index in [1.165, 1.54) is 0 Å². The summed E-state index contributed by atoms with van der Waals surface area (Å²) in [7, 11) is 0. The molecule has 0 aliphatic heterocycles. The van der Waals surface area contributed by atoms with E-state index in [2.05, 4.69) is 32.7 Å². The molecule has 0 N–H and O–H groups in total. The third kappa shape index (κ3) is 1.52. The van der Waals surface area contributed by atoms with Crippen LogP contribution in [0.4, 0.5) is 0 Å². The van der Waals surface area contributed by atoms with Gasteiger partial charge < -0.3 is 4.57 Å². The van der Waals surface area contributed by atoms with Gasteiger partial charge >= 0.3 is 0 Å². The maximum absolute atomic E-state index is 4.51.